The third-order valence-corrected chi connectivity index (χ3v) is 3.37. The van der Waals surface area contributed by atoms with Gasteiger partial charge in [0.2, 0.25) is 0 Å². The van der Waals surface area contributed by atoms with Crippen molar-refractivity contribution < 1.29 is 9.84 Å². The molecule has 3 heteroatoms. The standard InChI is InChI=1S/C16H27NO2/c1-12(2)14-9-13(7-8-15(14)19-6)17(5)10-16(3,4)11-18/h7-9,12,18H,10-11H2,1-6H3. The maximum atomic E-state index is 9.37. The number of ether oxygens (including phenoxy) is 1. The second kappa shape index (κ2) is 6.29. The van der Waals surface area contributed by atoms with Crippen LogP contribution in [0.3, 0.4) is 0 Å². The molecule has 0 aliphatic carbocycles. The molecule has 3 nitrogen and oxygen atoms in total. The fraction of sp³-hybridized carbons (Fsp3) is 0.625. The van der Waals surface area contributed by atoms with Crippen LogP contribution in [0.1, 0.15) is 39.2 Å². The summed E-state index contributed by atoms with van der Waals surface area (Å²) in [7, 11) is 3.77. The van der Waals surface area contributed by atoms with Crippen molar-refractivity contribution >= 4 is 5.69 Å². The fourth-order valence-electron chi connectivity index (χ4n) is 2.19. The van der Waals surface area contributed by atoms with Crippen LogP contribution in [-0.2, 0) is 0 Å². The van der Waals surface area contributed by atoms with E-state index in [4.69, 9.17) is 4.74 Å². The van der Waals surface area contributed by atoms with Gasteiger partial charge in [-0.3, -0.25) is 0 Å². The fourth-order valence-corrected chi connectivity index (χ4v) is 2.19. The van der Waals surface area contributed by atoms with Crippen molar-refractivity contribution in [2.75, 3.05) is 32.2 Å². The van der Waals surface area contributed by atoms with Gasteiger partial charge in [-0.15, -0.1) is 0 Å². The van der Waals surface area contributed by atoms with Crippen molar-refractivity contribution in [2.45, 2.75) is 33.6 Å². The molecule has 0 heterocycles. The number of hydrogen-bond acceptors (Lipinski definition) is 3. The van der Waals surface area contributed by atoms with E-state index in [9.17, 15) is 5.11 Å². The SMILES string of the molecule is COc1ccc(N(C)CC(C)(C)CO)cc1C(C)C. The molecular formula is C16H27NO2. The summed E-state index contributed by atoms with van der Waals surface area (Å²) in [5.74, 6) is 1.36. The quantitative estimate of drug-likeness (QED) is 0.857. The highest BCUT2D eigenvalue weighted by atomic mass is 16.5. The van der Waals surface area contributed by atoms with E-state index in [1.165, 1.54) is 5.56 Å². The highest BCUT2D eigenvalue weighted by Gasteiger charge is 2.20. The van der Waals surface area contributed by atoms with Gasteiger partial charge in [0.25, 0.3) is 0 Å². The molecule has 19 heavy (non-hydrogen) atoms. The minimum Gasteiger partial charge on any atom is -0.496 e. The maximum absolute atomic E-state index is 9.37. The molecule has 0 atom stereocenters. The second-order valence-corrected chi connectivity index (χ2v) is 6.26. The van der Waals surface area contributed by atoms with Crippen LogP contribution in [0.4, 0.5) is 5.69 Å². The van der Waals surface area contributed by atoms with Gasteiger partial charge in [-0.1, -0.05) is 27.7 Å². The van der Waals surface area contributed by atoms with E-state index in [-0.39, 0.29) is 12.0 Å². The minimum atomic E-state index is -0.104. The largest absolute Gasteiger partial charge is 0.496 e. The van der Waals surface area contributed by atoms with Crippen LogP contribution in [0.25, 0.3) is 0 Å². The van der Waals surface area contributed by atoms with Crippen LogP contribution in [0.15, 0.2) is 18.2 Å². The highest BCUT2D eigenvalue weighted by molar-refractivity contribution is 5.53. The van der Waals surface area contributed by atoms with Crippen molar-refractivity contribution in [2.24, 2.45) is 5.41 Å². The first-order valence-corrected chi connectivity index (χ1v) is 6.80. The lowest BCUT2D eigenvalue weighted by Gasteiger charge is -2.30. The van der Waals surface area contributed by atoms with Gasteiger partial charge in [-0.2, -0.15) is 0 Å². The molecule has 0 bridgehead atoms. The second-order valence-electron chi connectivity index (χ2n) is 6.26. The van der Waals surface area contributed by atoms with E-state index in [0.717, 1.165) is 18.0 Å². The molecule has 0 saturated carbocycles. The van der Waals surface area contributed by atoms with Crippen molar-refractivity contribution in [1.29, 1.82) is 0 Å². The van der Waals surface area contributed by atoms with Crippen molar-refractivity contribution in [3.05, 3.63) is 23.8 Å². The molecule has 0 fully saturated rings. The van der Waals surface area contributed by atoms with E-state index in [2.05, 4.69) is 51.8 Å². The first kappa shape index (κ1) is 15.8. The minimum absolute atomic E-state index is 0.104. The van der Waals surface area contributed by atoms with E-state index in [0.29, 0.717) is 5.92 Å². The Bertz CT molecular complexity index is 413. The van der Waals surface area contributed by atoms with Crippen LogP contribution in [0.5, 0.6) is 5.75 Å². The Morgan fingerprint density at radius 3 is 2.42 bits per heavy atom. The average Bonchev–Trinajstić information content (AvgIpc) is 2.37. The monoisotopic (exact) mass is 265 g/mol. The summed E-state index contributed by atoms with van der Waals surface area (Å²) in [6.45, 7) is 9.46. The Kier molecular flexibility index (Phi) is 5.24. The Labute approximate surface area is 117 Å². The van der Waals surface area contributed by atoms with Gasteiger partial charge in [-0.05, 0) is 29.7 Å². The lowest BCUT2D eigenvalue weighted by molar-refractivity contribution is 0.165. The van der Waals surface area contributed by atoms with Gasteiger partial charge in [-0.25, -0.2) is 0 Å². The first-order valence-electron chi connectivity index (χ1n) is 6.80. The summed E-state index contributed by atoms with van der Waals surface area (Å²) in [4.78, 5) is 2.18. The predicted octanol–water partition coefficient (Wildman–Crippen LogP) is 3.27. The summed E-state index contributed by atoms with van der Waals surface area (Å²) >= 11 is 0. The van der Waals surface area contributed by atoms with E-state index in [1.54, 1.807) is 7.11 Å². The van der Waals surface area contributed by atoms with Crippen LogP contribution in [0, 0.1) is 5.41 Å². The zero-order chi connectivity index (χ0) is 14.6. The molecule has 0 saturated heterocycles. The number of nitrogens with zero attached hydrogens (tertiary/aromatic N) is 1. The molecule has 0 unspecified atom stereocenters. The topological polar surface area (TPSA) is 32.7 Å². The maximum Gasteiger partial charge on any atom is 0.122 e. The third kappa shape index (κ3) is 4.13. The van der Waals surface area contributed by atoms with Crippen LogP contribution < -0.4 is 9.64 Å². The van der Waals surface area contributed by atoms with Crippen molar-refractivity contribution in [1.82, 2.24) is 0 Å². The molecule has 0 amide bonds. The lowest BCUT2D eigenvalue weighted by atomic mass is 9.93. The summed E-state index contributed by atoms with van der Waals surface area (Å²) in [6, 6.07) is 6.27. The number of methoxy groups -OCH3 is 1. The molecule has 108 valence electrons. The molecule has 0 aliphatic rings. The molecule has 0 aromatic heterocycles. The summed E-state index contributed by atoms with van der Waals surface area (Å²) in [5, 5.41) is 9.37. The Balaban J connectivity index is 2.98. The first-order chi connectivity index (χ1) is 8.80. The van der Waals surface area contributed by atoms with Crippen molar-refractivity contribution in [3.63, 3.8) is 0 Å². The molecular weight excluding hydrogens is 238 g/mol. The van der Waals surface area contributed by atoms with Gasteiger partial charge >= 0.3 is 0 Å². The van der Waals surface area contributed by atoms with Crippen LogP contribution >= 0.6 is 0 Å². The molecule has 1 N–H and O–H groups in total. The molecule has 0 aliphatic heterocycles. The number of hydrogen-bond donors (Lipinski definition) is 1. The highest BCUT2D eigenvalue weighted by Crippen LogP contribution is 2.31. The van der Waals surface area contributed by atoms with E-state index < -0.39 is 0 Å². The molecule has 1 aromatic rings. The van der Waals surface area contributed by atoms with Crippen molar-refractivity contribution in [3.8, 4) is 5.75 Å². The lowest BCUT2D eigenvalue weighted by Crippen LogP contribution is -2.33. The summed E-state index contributed by atoms with van der Waals surface area (Å²) in [6.07, 6.45) is 0. The number of aliphatic hydroxyl groups excluding tert-OH is 1. The number of aliphatic hydroxyl groups is 1. The normalized spacial score (nSPS) is 11.8. The van der Waals surface area contributed by atoms with Gasteiger partial charge < -0.3 is 14.7 Å². The average molecular weight is 265 g/mol. The van der Waals surface area contributed by atoms with Crippen LogP contribution in [-0.4, -0.2) is 32.4 Å². The number of anilines is 1. The number of benzene rings is 1. The molecule has 0 radical (unpaired) electrons. The Morgan fingerprint density at radius 2 is 1.95 bits per heavy atom. The van der Waals surface area contributed by atoms with Crippen LogP contribution in [0.2, 0.25) is 0 Å². The predicted molar refractivity (Wildman–Crippen MR) is 81.2 cm³/mol. The van der Waals surface area contributed by atoms with Gasteiger partial charge in [0.05, 0.1) is 7.11 Å². The third-order valence-electron chi connectivity index (χ3n) is 3.37. The summed E-state index contributed by atoms with van der Waals surface area (Å²) in [5.41, 5.74) is 2.27. The molecule has 1 rings (SSSR count). The molecule has 0 spiro atoms. The Hall–Kier alpha value is -1.22. The van der Waals surface area contributed by atoms with E-state index >= 15 is 0 Å². The molecule has 1 aromatic carbocycles. The van der Waals surface area contributed by atoms with E-state index in [1.807, 2.05) is 6.07 Å². The number of rotatable bonds is 6. The summed E-state index contributed by atoms with van der Waals surface area (Å²) < 4.78 is 5.40. The smallest absolute Gasteiger partial charge is 0.122 e. The zero-order valence-electron chi connectivity index (χ0n) is 13.0. The van der Waals surface area contributed by atoms with Gasteiger partial charge in [0, 0.05) is 31.3 Å². The Morgan fingerprint density at radius 1 is 1.32 bits per heavy atom. The van der Waals surface area contributed by atoms with Gasteiger partial charge in [0.1, 0.15) is 5.75 Å². The zero-order valence-corrected chi connectivity index (χ0v) is 13.0. The van der Waals surface area contributed by atoms with Gasteiger partial charge in [0.15, 0.2) is 0 Å².